The fourth-order valence-corrected chi connectivity index (χ4v) is 1.78. The maximum atomic E-state index is 8.88. The summed E-state index contributed by atoms with van der Waals surface area (Å²) in [6.07, 6.45) is 0.888. The van der Waals surface area contributed by atoms with Gasteiger partial charge in [0.2, 0.25) is 0 Å². The molecule has 0 aliphatic rings. The van der Waals surface area contributed by atoms with Gasteiger partial charge < -0.3 is 9.73 Å². The minimum atomic E-state index is 0.467. The first-order valence-electron chi connectivity index (χ1n) is 5.74. The number of aryl methyl sites for hydroxylation is 1. The van der Waals surface area contributed by atoms with Crippen LogP contribution >= 0.6 is 11.6 Å². The zero-order valence-corrected chi connectivity index (χ0v) is 10.8. The number of benzene rings is 1. The van der Waals surface area contributed by atoms with Gasteiger partial charge in [-0.2, -0.15) is 5.26 Å². The van der Waals surface area contributed by atoms with E-state index in [9.17, 15) is 0 Å². The van der Waals surface area contributed by atoms with Gasteiger partial charge in [-0.05, 0) is 30.3 Å². The van der Waals surface area contributed by atoms with Gasteiger partial charge >= 0.3 is 0 Å². The molecule has 18 heavy (non-hydrogen) atoms. The highest BCUT2D eigenvalue weighted by atomic mass is 35.5. The number of anilines is 1. The molecule has 1 N–H and O–H groups in total. The number of rotatable bonds is 4. The smallest absolute Gasteiger partial charge is 0.123 e. The molecule has 0 saturated heterocycles. The molecule has 1 aromatic heterocycles. The first kappa shape index (κ1) is 12.5. The second kappa shape index (κ2) is 5.61. The number of furan rings is 1. The van der Waals surface area contributed by atoms with Gasteiger partial charge in [-0.25, -0.2) is 0 Å². The Morgan fingerprint density at radius 2 is 2.06 bits per heavy atom. The summed E-state index contributed by atoms with van der Waals surface area (Å²) in [7, 11) is 0. The van der Waals surface area contributed by atoms with Crippen molar-refractivity contribution in [1.82, 2.24) is 0 Å². The average Bonchev–Trinajstić information content (AvgIpc) is 2.86. The van der Waals surface area contributed by atoms with Crippen molar-refractivity contribution in [2.75, 3.05) is 5.32 Å². The fraction of sp³-hybridized carbons (Fsp3) is 0.214. The third-order valence-corrected chi connectivity index (χ3v) is 2.95. The number of nitrogens with zero attached hydrogens (tertiary/aromatic N) is 1. The second-order valence-electron chi connectivity index (χ2n) is 3.88. The molecule has 0 fully saturated rings. The van der Waals surface area contributed by atoms with Crippen LogP contribution in [0.5, 0.6) is 0 Å². The number of halogens is 1. The molecule has 2 rings (SSSR count). The highest BCUT2D eigenvalue weighted by molar-refractivity contribution is 6.31. The van der Waals surface area contributed by atoms with E-state index < -0.39 is 0 Å². The van der Waals surface area contributed by atoms with Gasteiger partial charge in [-0.3, -0.25) is 0 Å². The number of hydrogen-bond donors (Lipinski definition) is 1. The lowest BCUT2D eigenvalue weighted by molar-refractivity contribution is 0.476. The van der Waals surface area contributed by atoms with Gasteiger partial charge in [0.25, 0.3) is 0 Å². The predicted molar refractivity (Wildman–Crippen MR) is 71.6 cm³/mol. The summed E-state index contributed by atoms with van der Waals surface area (Å²) < 4.78 is 5.58. The number of nitriles is 1. The molecule has 0 saturated carbocycles. The summed E-state index contributed by atoms with van der Waals surface area (Å²) in [6, 6.07) is 11.3. The van der Waals surface area contributed by atoms with E-state index in [1.807, 2.05) is 18.2 Å². The zero-order valence-electron chi connectivity index (χ0n) is 10.0. The molecule has 0 spiro atoms. The van der Waals surface area contributed by atoms with E-state index in [1.165, 1.54) is 0 Å². The van der Waals surface area contributed by atoms with Crippen molar-refractivity contribution in [2.45, 2.75) is 19.9 Å². The van der Waals surface area contributed by atoms with Gasteiger partial charge in [0, 0.05) is 12.1 Å². The molecular formula is C14H13ClN2O. The van der Waals surface area contributed by atoms with E-state index >= 15 is 0 Å². The average molecular weight is 261 g/mol. The van der Waals surface area contributed by atoms with Crippen molar-refractivity contribution in [3.05, 3.63) is 52.4 Å². The van der Waals surface area contributed by atoms with Gasteiger partial charge in [-0.15, -0.1) is 0 Å². The predicted octanol–water partition coefficient (Wildman–Crippen LogP) is 3.98. The largest absolute Gasteiger partial charge is 0.464 e. The van der Waals surface area contributed by atoms with Crippen LogP contribution < -0.4 is 5.32 Å². The zero-order chi connectivity index (χ0) is 13.0. The minimum Gasteiger partial charge on any atom is -0.464 e. The van der Waals surface area contributed by atoms with E-state index in [-0.39, 0.29) is 0 Å². The summed E-state index contributed by atoms with van der Waals surface area (Å²) in [5.41, 5.74) is 1.32. The topological polar surface area (TPSA) is 49.0 Å². The Balaban J connectivity index is 2.04. The molecule has 0 bridgehead atoms. The normalized spacial score (nSPS) is 10.1. The van der Waals surface area contributed by atoms with Crippen LogP contribution in [0.4, 0.5) is 5.69 Å². The lowest BCUT2D eigenvalue weighted by Gasteiger charge is -2.05. The van der Waals surface area contributed by atoms with E-state index in [1.54, 1.807) is 12.1 Å². The van der Waals surface area contributed by atoms with Crippen LogP contribution in [0, 0.1) is 11.3 Å². The van der Waals surface area contributed by atoms with E-state index in [4.69, 9.17) is 21.3 Å². The Kier molecular flexibility index (Phi) is 3.91. The summed E-state index contributed by atoms with van der Waals surface area (Å²) in [4.78, 5) is 0. The molecule has 2 aromatic rings. The highest BCUT2D eigenvalue weighted by Crippen LogP contribution is 2.20. The number of nitrogens with one attached hydrogen (secondary N) is 1. The monoisotopic (exact) mass is 260 g/mol. The lowest BCUT2D eigenvalue weighted by atomic mass is 10.2. The highest BCUT2D eigenvalue weighted by Gasteiger charge is 2.03. The molecular weight excluding hydrogens is 248 g/mol. The SMILES string of the molecule is CCc1ccc(CNc2ccc(Cl)c(C#N)c2)o1. The van der Waals surface area contributed by atoms with Crippen LogP contribution in [0.25, 0.3) is 0 Å². The molecule has 0 unspecified atom stereocenters. The third kappa shape index (κ3) is 2.85. The maximum Gasteiger partial charge on any atom is 0.123 e. The fourth-order valence-electron chi connectivity index (χ4n) is 1.62. The molecule has 0 amide bonds. The van der Waals surface area contributed by atoms with E-state index in [2.05, 4.69) is 18.3 Å². The molecule has 4 heteroatoms. The molecule has 1 heterocycles. The summed E-state index contributed by atoms with van der Waals surface area (Å²) >= 11 is 5.87. The lowest BCUT2D eigenvalue weighted by Crippen LogP contribution is -1.98. The van der Waals surface area contributed by atoms with E-state index in [0.29, 0.717) is 17.1 Å². The summed E-state index contributed by atoms with van der Waals surface area (Å²) in [6.45, 7) is 2.64. The quantitative estimate of drug-likeness (QED) is 0.905. The molecule has 0 aliphatic carbocycles. The summed E-state index contributed by atoms with van der Waals surface area (Å²) in [5.74, 6) is 1.85. The van der Waals surface area contributed by atoms with Crippen LogP contribution in [0.15, 0.2) is 34.7 Å². The van der Waals surface area contributed by atoms with Crippen molar-refractivity contribution in [3.63, 3.8) is 0 Å². The van der Waals surface area contributed by atoms with Crippen molar-refractivity contribution in [1.29, 1.82) is 5.26 Å². The van der Waals surface area contributed by atoms with Crippen molar-refractivity contribution >= 4 is 17.3 Å². The van der Waals surface area contributed by atoms with Gasteiger partial charge in [-0.1, -0.05) is 18.5 Å². The molecule has 1 aromatic carbocycles. The van der Waals surface area contributed by atoms with Crippen LogP contribution in [0.2, 0.25) is 5.02 Å². The molecule has 0 aliphatic heterocycles. The van der Waals surface area contributed by atoms with Crippen molar-refractivity contribution in [2.24, 2.45) is 0 Å². The Morgan fingerprint density at radius 3 is 2.72 bits per heavy atom. The van der Waals surface area contributed by atoms with Crippen LogP contribution in [-0.2, 0) is 13.0 Å². The standard InChI is InChI=1S/C14H13ClN2O/c1-2-12-4-5-13(18-12)9-17-11-3-6-14(15)10(7-11)8-16/h3-7,17H,2,9H2,1H3. The number of hydrogen-bond acceptors (Lipinski definition) is 3. The Labute approximate surface area is 111 Å². The summed E-state index contributed by atoms with van der Waals surface area (Å²) in [5, 5.41) is 12.5. The first-order valence-corrected chi connectivity index (χ1v) is 6.12. The third-order valence-electron chi connectivity index (χ3n) is 2.62. The van der Waals surface area contributed by atoms with Crippen LogP contribution in [0.3, 0.4) is 0 Å². The van der Waals surface area contributed by atoms with Crippen LogP contribution in [-0.4, -0.2) is 0 Å². The van der Waals surface area contributed by atoms with Crippen molar-refractivity contribution in [3.8, 4) is 6.07 Å². The molecule has 92 valence electrons. The van der Waals surface area contributed by atoms with Gasteiger partial charge in [0.05, 0.1) is 17.1 Å². The minimum absolute atomic E-state index is 0.467. The maximum absolute atomic E-state index is 8.88. The van der Waals surface area contributed by atoms with Gasteiger partial charge in [0.1, 0.15) is 17.6 Å². The Morgan fingerprint density at radius 1 is 1.28 bits per heavy atom. The van der Waals surface area contributed by atoms with Crippen molar-refractivity contribution < 1.29 is 4.42 Å². The second-order valence-corrected chi connectivity index (χ2v) is 4.29. The Bertz CT molecular complexity index is 584. The van der Waals surface area contributed by atoms with Gasteiger partial charge in [0.15, 0.2) is 0 Å². The molecule has 0 atom stereocenters. The first-order chi connectivity index (χ1) is 8.72. The molecule has 0 radical (unpaired) electrons. The van der Waals surface area contributed by atoms with E-state index in [0.717, 1.165) is 23.6 Å². The van der Waals surface area contributed by atoms with Crippen LogP contribution in [0.1, 0.15) is 24.0 Å². The molecule has 3 nitrogen and oxygen atoms in total. The Hall–Kier alpha value is -1.92.